The maximum atomic E-state index is 13.1. The molecule has 1 aromatic carbocycles. The Morgan fingerprint density at radius 1 is 1.21 bits per heavy atom. The minimum absolute atomic E-state index is 0.0319. The predicted molar refractivity (Wildman–Crippen MR) is 101 cm³/mol. The minimum atomic E-state index is -4.32. The maximum Gasteiger partial charge on any atom is 0.393 e. The summed E-state index contributed by atoms with van der Waals surface area (Å²) in [6, 6.07) is 11.8. The van der Waals surface area contributed by atoms with Crippen molar-refractivity contribution in [1.29, 1.82) is 0 Å². The Bertz CT molecular complexity index is 997. The van der Waals surface area contributed by atoms with Crippen molar-refractivity contribution in [1.82, 2.24) is 14.7 Å². The maximum absolute atomic E-state index is 13.1. The molecule has 0 spiro atoms. The molecule has 1 atom stereocenters. The molecule has 4 rings (SSSR count). The van der Waals surface area contributed by atoms with Crippen LogP contribution in [-0.4, -0.2) is 39.9 Å². The van der Waals surface area contributed by atoms with Crippen LogP contribution in [0.15, 0.2) is 53.1 Å². The zero-order valence-electron chi connectivity index (χ0n) is 15.2. The van der Waals surface area contributed by atoms with Crippen LogP contribution in [-0.2, 0) is 0 Å². The zero-order valence-corrected chi connectivity index (χ0v) is 16.0. The Morgan fingerprint density at radius 3 is 2.62 bits per heavy atom. The molecule has 0 aliphatic carbocycles. The highest BCUT2D eigenvalue weighted by atomic mass is 35.5. The van der Waals surface area contributed by atoms with Gasteiger partial charge in [0, 0.05) is 24.2 Å². The van der Waals surface area contributed by atoms with E-state index >= 15 is 0 Å². The molecule has 1 aliphatic rings. The summed E-state index contributed by atoms with van der Waals surface area (Å²) in [5, 5.41) is 4.91. The van der Waals surface area contributed by atoms with Crippen molar-refractivity contribution in [2.45, 2.75) is 19.0 Å². The number of carbonyl (C=O) groups excluding carboxylic acids is 1. The number of hydrogen-bond donors (Lipinski definition) is 0. The molecule has 1 fully saturated rings. The second kappa shape index (κ2) is 7.59. The highest BCUT2D eigenvalue weighted by molar-refractivity contribution is 6.30. The molecule has 3 heterocycles. The van der Waals surface area contributed by atoms with E-state index in [0.717, 1.165) is 0 Å². The van der Waals surface area contributed by atoms with E-state index in [1.807, 2.05) is 0 Å². The summed E-state index contributed by atoms with van der Waals surface area (Å²) in [4.78, 5) is 14.1. The monoisotopic (exact) mass is 423 g/mol. The number of furan rings is 1. The molecule has 1 aliphatic heterocycles. The van der Waals surface area contributed by atoms with Gasteiger partial charge in [-0.25, -0.2) is 4.68 Å². The number of carbonyl (C=O) groups is 1. The summed E-state index contributed by atoms with van der Waals surface area (Å²) >= 11 is 5.95. The number of aromatic nitrogens is 2. The van der Waals surface area contributed by atoms with Crippen LogP contribution in [0.5, 0.6) is 0 Å². The molecular formula is C20H17ClF3N3O2. The first-order chi connectivity index (χ1) is 13.8. The van der Waals surface area contributed by atoms with E-state index in [2.05, 4.69) is 5.10 Å². The van der Waals surface area contributed by atoms with E-state index in [0.29, 0.717) is 28.6 Å². The van der Waals surface area contributed by atoms with Gasteiger partial charge in [0.1, 0.15) is 5.69 Å². The number of rotatable bonds is 3. The Labute approximate surface area is 169 Å². The molecule has 29 heavy (non-hydrogen) atoms. The molecule has 0 saturated carbocycles. The molecule has 1 saturated heterocycles. The molecule has 1 unspecified atom stereocenters. The number of halogens is 4. The standard InChI is InChI=1S/C20H17ClF3N3O2/c21-14-5-7-15(8-6-14)27-17(18-4-2-10-29-18)11-16(25-27)19(28)26-9-1-3-13(12-26)20(22,23)24/h2,4-8,10-11,13H,1,3,9,12H2. The Balaban J connectivity index is 1.68. The lowest BCUT2D eigenvalue weighted by atomic mass is 9.97. The van der Waals surface area contributed by atoms with Gasteiger partial charge in [0.25, 0.3) is 5.91 Å². The number of amides is 1. The van der Waals surface area contributed by atoms with E-state index in [9.17, 15) is 18.0 Å². The average molecular weight is 424 g/mol. The Morgan fingerprint density at radius 2 is 1.97 bits per heavy atom. The third kappa shape index (κ3) is 4.03. The van der Waals surface area contributed by atoms with Gasteiger partial charge in [-0.2, -0.15) is 18.3 Å². The molecular weight excluding hydrogens is 407 g/mol. The quantitative estimate of drug-likeness (QED) is 0.581. The summed E-state index contributed by atoms with van der Waals surface area (Å²) in [6.07, 6.45) is -2.49. The molecule has 2 aromatic heterocycles. The SMILES string of the molecule is O=C(c1cc(-c2ccco2)n(-c2ccc(Cl)cc2)n1)N1CCCC(C(F)(F)F)C1. The predicted octanol–water partition coefficient (Wildman–Crippen LogP) is 5.20. The zero-order chi connectivity index (χ0) is 20.6. The first-order valence-corrected chi connectivity index (χ1v) is 9.46. The lowest BCUT2D eigenvalue weighted by Crippen LogP contribution is -2.44. The minimum Gasteiger partial charge on any atom is -0.463 e. The lowest BCUT2D eigenvalue weighted by Gasteiger charge is -2.33. The van der Waals surface area contributed by atoms with Crippen LogP contribution in [0.2, 0.25) is 5.02 Å². The van der Waals surface area contributed by atoms with E-state index in [1.54, 1.807) is 36.4 Å². The van der Waals surface area contributed by atoms with Crippen molar-refractivity contribution in [3.05, 3.63) is 59.4 Å². The van der Waals surface area contributed by atoms with Gasteiger partial charge in [0.15, 0.2) is 11.5 Å². The van der Waals surface area contributed by atoms with Gasteiger partial charge < -0.3 is 9.32 Å². The first kappa shape index (κ1) is 19.6. The molecule has 0 N–H and O–H groups in total. The highest BCUT2D eigenvalue weighted by Gasteiger charge is 2.43. The van der Waals surface area contributed by atoms with E-state index < -0.39 is 18.0 Å². The van der Waals surface area contributed by atoms with Crippen molar-refractivity contribution in [2.24, 2.45) is 5.92 Å². The summed E-state index contributed by atoms with van der Waals surface area (Å²) in [5.74, 6) is -1.55. The molecule has 152 valence electrons. The van der Waals surface area contributed by atoms with Crippen molar-refractivity contribution in [3.63, 3.8) is 0 Å². The number of hydrogen-bond acceptors (Lipinski definition) is 3. The van der Waals surface area contributed by atoms with Crippen LogP contribution in [0.3, 0.4) is 0 Å². The van der Waals surface area contributed by atoms with Crippen molar-refractivity contribution >= 4 is 17.5 Å². The fourth-order valence-corrected chi connectivity index (χ4v) is 3.58. The van der Waals surface area contributed by atoms with Gasteiger partial charge in [-0.05, 0) is 49.2 Å². The lowest BCUT2D eigenvalue weighted by molar-refractivity contribution is -0.184. The first-order valence-electron chi connectivity index (χ1n) is 9.09. The number of alkyl halides is 3. The van der Waals surface area contributed by atoms with Crippen LogP contribution in [0, 0.1) is 5.92 Å². The van der Waals surface area contributed by atoms with Crippen LogP contribution in [0.1, 0.15) is 23.3 Å². The second-order valence-corrected chi connectivity index (χ2v) is 7.35. The van der Waals surface area contributed by atoms with Gasteiger partial charge in [-0.15, -0.1) is 0 Å². The normalized spacial score (nSPS) is 17.5. The number of nitrogens with zero attached hydrogens (tertiary/aromatic N) is 3. The van der Waals surface area contributed by atoms with Crippen LogP contribution < -0.4 is 0 Å². The molecule has 9 heteroatoms. The number of piperidine rings is 1. The average Bonchev–Trinajstić information content (AvgIpc) is 3.37. The molecule has 0 bridgehead atoms. The van der Waals surface area contributed by atoms with Crippen LogP contribution >= 0.6 is 11.6 Å². The summed E-state index contributed by atoms with van der Waals surface area (Å²) in [7, 11) is 0. The van der Waals surface area contributed by atoms with Crippen LogP contribution in [0.4, 0.5) is 13.2 Å². The van der Waals surface area contributed by atoms with Gasteiger partial charge >= 0.3 is 6.18 Å². The Kier molecular flexibility index (Phi) is 5.12. The largest absolute Gasteiger partial charge is 0.463 e. The van der Waals surface area contributed by atoms with Gasteiger partial charge in [-0.3, -0.25) is 4.79 Å². The van der Waals surface area contributed by atoms with E-state index in [4.69, 9.17) is 16.0 Å². The fourth-order valence-electron chi connectivity index (χ4n) is 3.46. The van der Waals surface area contributed by atoms with Crippen molar-refractivity contribution in [3.8, 4) is 17.1 Å². The number of benzene rings is 1. The topological polar surface area (TPSA) is 51.3 Å². The third-order valence-electron chi connectivity index (χ3n) is 4.94. The van der Waals surface area contributed by atoms with E-state index in [-0.39, 0.29) is 25.2 Å². The van der Waals surface area contributed by atoms with Gasteiger partial charge in [0.2, 0.25) is 0 Å². The molecule has 5 nitrogen and oxygen atoms in total. The summed E-state index contributed by atoms with van der Waals surface area (Å²) in [6.45, 7) is -0.0818. The van der Waals surface area contributed by atoms with Crippen LogP contribution in [0.25, 0.3) is 17.1 Å². The fraction of sp³-hybridized carbons (Fsp3) is 0.300. The Hall–Kier alpha value is -2.74. The molecule has 0 radical (unpaired) electrons. The second-order valence-electron chi connectivity index (χ2n) is 6.91. The van der Waals surface area contributed by atoms with Crippen molar-refractivity contribution in [2.75, 3.05) is 13.1 Å². The number of likely N-dealkylation sites (tertiary alicyclic amines) is 1. The molecule has 3 aromatic rings. The summed E-state index contributed by atoms with van der Waals surface area (Å²) in [5.41, 5.74) is 1.23. The third-order valence-corrected chi connectivity index (χ3v) is 5.20. The molecule has 1 amide bonds. The van der Waals surface area contributed by atoms with E-state index in [1.165, 1.54) is 21.9 Å². The summed E-state index contributed by atoms with van der Waals surface area (Å²) < 4.78 is 46.3. The van der Waals surface area contributed by atoms with Crippen molar-refractivity contribution < 1.29 is 22.4 Å². The smallest absolute Gasteiger partial charge is 0.393 e. The van der Waals surface area contributed by atoms with Gasteiger partial charge in [-0.1, -0.05) is 11.6 Å². The van der Waals surface area contributed by atoms with Gasteiger partial charge in [0.05, 0.1) is 17.9 Å². The highest BCUT2D eigenvalue weighted by Crippen LogP contribution is 2.34.